The molecule has 1 aromatic heterocycles. The first-order valence-corrected chi connectivity index (χ1v) is 7.51. The van der Waals surface area contributed by atoms with Crippen LogP contribution in [0.1, 0.15) is 57.4 Å². The zero-order valence-corrected chi connectivity index (χ0v) is 11.7. The standard InChI is InChI=1S/C16H24O3/c1-15(17,14-5-9-18-12-14)13-6-10-19-16(11-13)7-3-2-4-8-16/h5,9,12-13,17H,2-4,6-8,10-11H2,1H3. The van der Waals surface area contributed by atoms with Gasteiger partial charge in [0.1, 0.15) is 0 Å². The number of aliphatic hydroxyl groups is 1. The second-order valence-electron chi connectivity index (χ2n) is 6.44. The van der Waals surface area contributed by atoms with Gasteiger partial charge in [-0.25, -0.2) is 0 Å². The van der Waals surface area contributed by atoms with Crippen molar-refractivity contribution in [1.29, 1.82) is 0 Å². The molecule has 1 saturated heterocycles. The van der Waals surface area contributed by atoms with Crippen LogP contribution < -0.4 is 0 Å². The fourth-order valence-electron chi connectivity index (χ4n) is 3.84. The van der Waals surface area contributed by atoms with Crippen LogP contribution in [-0.2, 0) is 10.3 Å². The Morgan fingerprint density at radius 2 is 2.11 bits per heavy atom. The van der Waals surface area contributed by atoms with Crippen molar-refractivity contribution >= 4 is 0 Å². The maximum atomic E-state index is 10.9. The summed E-state index contributed by atoms with van der Waals surface area (Å²) in [5.74, 6) is 0.261. The SMILES string of the molecule is CC(O)(c1ccoc1)C1CCOC2(CCCCC2)C1. The lowest BCUT2D eigenvalue weighted by Crippen LogP contribution is -2.47. The Balaban J connectivity index is 1.77. The molecule has 1 aliphatic carbocycles. The smallest absolute Gasteiger partial charge is 0.0963 e. The van der Waals surface area contributed by atoms with Crippen LogP contribution in [-0.4, -0.2) is 17.3 Å². The fraction of sp³-hybridized carbons (Fsp3) is 0.750. The summed E-state index contributed by atoms with van der Waals surface area (Å²) in [6.45, 7) is 2.70. The molecule has 2 atom stereocenters. The summed E-state index contributed by atoms with van der Waals surface area (Å²) in [5, 5.41) is 10.9. The summed E-state index contributed by atoms with van der Waals surface area (Å²) < 4.78 is 11.3. The molecular weight excluding hydrogens is 240 g/mol. The van der Waals surface area contributed by atoms with E-state index in [2.05, 4.69) is 0 Å². The molecule has 1 N–H and O–H groups in total. The van der Waals surface area contributed by atoms with Gasteiger partial charge >= 0.3 is 0 Å². The van der Waals surface area contributed by atoms with Crippen molar-refractivity contribution < 1.29 is 14.3 Å². The number of furan rings is 1. The lowest BCUT2D eigenvalue weighted by atomic mass is 9.70. The van der Waals surface area contributed by atoms with Crippen LogP contribution in [0.15, 0.2) is 23.0 Å². The third-order valence-corrected chi connectivity index (χ3v) is 5.16. The van der Waals surface area contributed by atoms with Crippen LogP contribution in [0.4, 0.5) is 0 Å². The highest BCUT2D eigenvalue weighted by Crippen LogP contribution is 2.46. The molecule has 0 amide bonds. The first-order valence-electron chi connectivity index (χ1n) is 7.51. The molecule has 2 unspecified atom stereocenters. The predicted octanol–water partition coefficient (Wildman–Crippen LogP) is 3.62. The molecule has 3 rings (SSSR count). The molecule has 0 bridgehead atoms. The molecule has 1 aromatic rings. The van der Waals surface area contributed by atoms with Crippen molar-refractivity contribution in [3.63, 3.8) is 0 Å². The van der Waals surface area contributed by atoms with E-state index in [0.29, 0.717) is 0 Å². The average molecular weight is 264 g/mol. The number of hydrogen-bond acceptors (Lipinski definition) is 3. The molecule has 1 saturated carbocycles. The van der Waals surface area contributed by atoms with Crippen LogP contribution in [0.25, 0.3) is 0 Å². The summed E-state index contributed by atoms with van der Waals surface area (Å²) in [4.78, 5) is 0. The van der Waals surface area contributed by atoms with E-state index >= 15 is 0 Å². The molecule has 0 aromatic carbocycles. The van der Waals surface area contributed by atoms with Gasteiger partial charge in [-0.05, 0) is 44.6 Å². The van der Waals surface area contributed by atoms with Gasteiger partial charge in [0.2, 0.25) is 0 Å². The van der Waals surface area contributed by atoms with Crippen molar-refractivity contribution in [2.75, 3.05) is 6.61 Å². The molecule has 2 heterocycles. The van der Waals surface area contributed by atoms with Crippen LogP contribution in [0.5, 0.6) is 0 Å². The number of ether oxygens (including phenoxy) is 1. The highest BCUT2D eigenvalue weighted by molar-refractivity contribution is 5.17. The van der Waals surface area contributed by atoms with Gasteiger partial charge in [-0.3, -0.25) is 0 Å². The van der Waals surface area contributed by atoms with E-state index < -0.39 is 5.60 Å². The fourth-order valence-corrected chi connectivity index (χ4v) is 3.84. The van der Waals surface area contributed by atoms with Gasteiger partial charge in [-0.2, -0.15) is 0 Å². The van der Waals surface area contributed by atoms with Crippen molar-refractivity contribution in [2.24, 2.45) is 5.92 Å². The van der Waals surface area contributed by atoms with E-state index in [1.807, 2.05) is 13.0 Å². The van der Waals surface area contributed by atoms with Gasteiger partial charge in [0, 0.05) is 12.2 Å². The second kappa shape index (κ2) is 4.95. The zero-order valence-electron chi connectivity index (χ0n) is 11.7. The number of rotatable bonds is 2. The summed E-state index contributed by atoms with van der Waals surface area (Å²) >= 11 is 0. The van der Waals surface area contributed by atoms with Gasteiger partial charge in [-0.15, -0.1) is 0 Å². The van der Waals surface area contributed by atoms with Crippen LogP contribution in [0.2, 0.25) is 0 Å². The summed E-state index contributed by atoms with van der Waals surface area (Å²) in [7, 11) is 0. The lowest BCUT2D eigenvalue weighted by Gasteiger charge is -2.47. The molecule has 19 heavy (non-hydrogen) atoms. The Morgan fingerprint density at radius 3 is 2.79 bits per heavy atom. The third kappa shape index (κ3) is 2.46. The maximum Gasteiger partial charge on any atom is 0.0963 e. The molecule has 3 heteroatoms. The Bertz CT molecular complexity index is 396. The van der Waals surface area contributed by atoms with Crippen LogP contribution in [0.3, 0.4) is 0 Å². The Hall–Kier alpha value is -0.800. The average Bonchev–Trinajstić information content (AvgIpc) is 2.94. The van der Waals surface area contributed by atoms with E-state index in [-0.39, 0.29) is 11.5 Å². The van der Waals surface area contributed by atoms with Gasteiger partial charge in [0.15, 0.2) is 0 Å². The molecule has 2 fully saturated rings. The molecule has 1 aliphatic heterocycles. The number of hydrogen-bond donors (Lipinski definition) is 1. The minimum Gasteiger partial charge on any atom is -0.472 e. The predicted molar refractivity (Wildman–Crippen MR) is 72.8 cm³/mol. The molecular formula is C16H24O3. The Morgan fingerprint density at radius 1 is 1.32 bits per heavy atom. The quantitative estimate of drug-likeness (QED) is 0.887. The van der Waals surface area contributed by atoms with E-state index in [1.54, 1.807) is 12.5 Å². The highest BCUT2D eigenvalue weighted by atomic mass is 16.5. The van der Waals surface area contributed by atoms with Gasteiger partial charge < -0.3 is 14.3 Å². The zero-order chi connectivity index (χ0) is 13.3. The summed E-state index contributed by atoms with van der Waals surface area (Å²) in [6.07, 6.45) is 11.4. The van der Waals surface area contributed by atoms with E-state index in [1.165, 1.54) is 19.3 Å². The molecule has 106 valence electrons. The normalized spacial score (nSPS) is 30.1. The minimum atomic E-state index is -0.804. The van der Waals surface area contributed by atoms with Gasteiger partial charge in [0.05, 0.1) is 23.7 Å². The van der Waals surface area contributed by atoms with Crippen molar-refractivity contribution in [3.05, 3.63) is 24.2 Å². The minimum absolute atomic E-state index is 0.0366. The van der Waals surface area contributed by atoms with Gasteiger partial charge in [0.25, 0.3) is 0 Å². The first kappa shape index (κ1) is 13.2. The van der Waals surface area contributed by atoms with Gasteiger partial charge in [-0.1, -0.05) is 19.3 Å². The monoisotopic (exact) mass is 264 g/mol. The topological polar surface area (TPSA) is 42.6 Å². The van der Waals surface area contributed by atoms with Crippen molar-refractivity contribution in [1.82, 2.24) is 0 Å². The molecule has 1 spiro atoms. The van der Waals surface area contributed by atoms with Crippen molar-refractivity contribution in [3.8, 4) is 0 Å². The third-order valence-electron chi connectivity index (χ3n) is 5.16. The van der Waals surface area contributed by atoms with Crippen molar-refractivity contribution in [2.45, 2.75) is 63.1 Å². The lowest BCUT2D eigenvalue weighted by molar-refractivity contribution is -0.154. The summed E-state index contributed by atoms with van der Waals surface area (Å²) in [5.41, 5.74) is 0.126. The van der Waals surface area contributed by atoms with Crippen LogP contribution in [0, 0.1) is 5.92 Å². The maximum absolute atomic E-state index is 10.9. The second-order valence-corrected chi connectivity index (χ2v) is 6.44. The van der Waals surface area contributed by atoms with Crippen LogP contribution >= 0.6 is 0 Å². The largest absolute Gasteiger partial charge is 0.472 e. The first-order chi connectivity index (χ1) is 9.12. The van der Waals surface area contributed by atoms with E-state index in [0.717, 1.165) is 37.9 Å². The van der Waals surface area contributed by atoms with E-state index in [4.69, 9.17) is 9.15 Å². The molecule has 3 nitrogen and oxygen atoms in total. The Kier molecular flexibility index (Phi) is 3.44. The van der Waals surface area contributed by atoms with E-state index in [9.17, 15) is 5.11 Å². The molecule has 0 radical (unpaired) electrons. The Labute approximate surface area is 115 Å². The molecule has 2 aliphatic rings. The summed E-state index contributed by atoms with van der Waals surface area (Å²) in [6, 6.07) is 1.88. The highest BCUT2D eigenvalue weighted by Gasteiger charge is 2.45.